The lowest BCUT2D eigenvalue weighted by molar-refractivity contribution is -0.123. The van der Waals surface area contributed by atoms with Crippen molar-refractivity contribution in [1.29, 1.82) is 0 Å². The first-order valence-electron chi connectivity index (χ1n) is 5.29. The summed E-state index contributed by atoms with van der Waals surface area (Å²) in [5.41, 5.74) is 0.810. The van der Waals surface area contributed by atoms with Crippen molar-refractivity contribution in [2.75, 3.05) is 13.2 Å². The summed E-state index contributed by atoms with van der Waals surface area (Å²) in [5, 5.41) is 2.68. The van der Waals surface area contributed by atoms with Gasteiger partial charge in [-0.1, -0.05) is 13.0 Å². The summed E-state index contributed by atoms with van der Waals surface area (Å²) in [4.78, 5) is 11.2. The third-order valence-corrected chi connectivity index (χ3v) is 2.08. The van der Waals surface area contributed by atoms with Gasteiger partial charge in [0.1, 0.15) is 11.6 Å². The molecule has 0 heterocycles. The van der Waals surface area contributed by atoms with E-state index in [4.69, 9.17) is 4.74 Å². The average Bonchev–Trinajstić information content (AvgIpc) is 2.27. The normalized spacial score (nSPS) is 9.94. The van der Waals surface area contributed by atoms with E-state index in [9.17, 15) is 9.18 Å². The van der Waals surface area contributed by atoms with Gasteiger partial charge in [-0.15, -0.1) is 0 Å². The third kappa shape index (κ3) is 3.88. The number of amides is 1. The van der Waals surface area contributed by atoms with E-state index in [0.29, 0.717) is 12.3 Å². The van der Waals surface area contributed by atoms with Crippen molar-refractivity contribution < 1.29 is 13.9 Å². The fourth-order valence-corrected chi connectivity index (χ4v) is 1.19. The molecule has 1 amide bonds. The Morgan fingerprint density at radius 1 is 1.50 bits per heavy atom. The van der Waals surface area contributed by atoms with Crippen molar-refractivity contribution in [1.82, 2.24) is 5.32 Å². The van der Waals surface area contributed by atoms with E-state index >= 15 is 0 Å². The maximum absolute atomic E-state index is 12.9. The lowest BCUT2D eigenvalue weighted by Gasteiger charge is -2.09. The minimum Gasteiger partial charge on any atom is -0.483 e. The Kier molecular flexibility index (Phi) is 4.76. The second-order valence-corrected chi connectivity index (χ2v) is 3.55. The molecular formula is C12H16FNO2. The molecule has 1 aromatic rings. The van der Waals surface area contributed by atoms with Gasteiger partial charge in [0.15, 0.2) is 6.61 Å². The van der Waals surface area contributed by atoms with Crippen LogP contribution in [-0.4, -0.2) is 19.1 Å². The molecule has 0 spiro atoms. The van der Waals surface area contributed by atoms with Crippen LogP contribution in [0.2, 0.25) is 0 Å². The molecule has 0 unspecified atom stereocenters. The summed E-state index contributed by atoms with van der Waals surface area (Å²) in [6, 6.07) is 4.26. The van der Waals surface area contributed by atoms with Crippen LogP contribution >= 0.6 is 0 Å². The van der Waals surface area contributed by atoms with Crippen LogP contribution in [0.5, 0.6) is 5.75 Å². The quantitative estimate of drug-likeness (QED) is 0.832. The molecule has 16 heavy (non-hydrogen) atoms. The highest BCUT2D eigenvalue weighted by atomic mass is 19.1. The molecule has 0 aromatic heterocycles. The van der Waals surface area contributed by atoms with Crippen LogP contribution in [0.1, 0.15) is 18.9 Å². The number of ether oxygens (including phenoxy) is 1. The lowest BCUT2D eigenvalue weighted by Crippen LogP contribution is -2.29. The predicted molar refractivity (Wildman–Crippen MR) is 59.9 cm³/mol. The fraction of sp³-hybridized carbons (Fsp3) is 0.417. The molecule has 0 radical (unpaired) electrons. The number of rotatable bonds is 5. The van der Waals surface area contributed by atoms with Crippen LogP contribution in [0, 0.1) is 12.7 Å². The van der Waals surface area contributed by atoms with Crippen LogP contribution in [0.3, 0.4) is 0 Å². The molecule has 3 nitrogen and oxygen atoms in total. The number of hydrogen-bond donors (Lipinski definition) is 1. The van der Waals surface area contributed by atoms with E-state index in [1.807, 2.05) is 6.92 Å². The Hall–Kier alpha value is -1.58. The van der Waals surface area contributed by atoms with Gasteiger partial charge < -0.3 is 10.1 Å². The van der Waals surface area contributed by atoms with Crippen LogP contribution in [-0.2, 0) is 4.79 Å². The molecule has 1 N–H and O–H groups in total. The first kappa shape index (κ1) is 12.5. The average molecular weight is 225 g/mol. The Bertz CT molecular complexity index is 366. The first-order valence-corrected chi connectivity index (χ1v) is 5.29. The molecular weight excluding hydrogens is 209 g/mol. The van der Waals surface area contributed by atoms with Crippen molar-refractivity contribution in [3.63, 3.8) is 0 Å². The molecule has 0 saturated heterocycles. The summed E-state index contributed by atoms with van der Waals surface area (Å²) in [7, 11) is 0. The van der Waals surface area contributed by atoms with E-state index in [1.54, 1.807) is 13.0 Å². The predicted octanol–water partition coefficient (Wildman–Crippen LogP) is 2.04. The van der Waals surface area contributed by atoms with Gasteiger partial charge in [0.2, 0.25) is 0 Å². The Morgan fingerprint density at radius 2 is 2.25 bits per heavy atom. The molecule has 0 atom stereocenters. The molecule has 0 aliphatic heterocycles. The highest BCUT2D eigenvalue weighted by molar-refractivity contribution is 5.77. The van der Waals surface area contributed by atoms with Crippen molar-refractivity contribution in [3.05, 3.63) is 29.6 Å². The zero-order valence-corrected chi connectivity index (χ0v) is 9.55. The number of hydrogen-bond acceptors (Lipinski definition) is 2. The van der Waals surface area contributed by atoms with Gasteiger partial charge in [0.25, 0.3) is 5.91 Å². The highest BCUT2D eigenvalue weighted by Gasteiger charge is 2.05. The van der Waals surface area contributed by atoms with E-state index in [-0.39, 0.29) is 18.3 Å². The first-order chi connectivity index (χ1) is 7.63. The maximum atomic E-state index is 12.9. The minimum absolute atomic E-state index is 0.0791. The van der Waals surface area contributed by atoms with Crippen LogP contribution < -0.4 is 10.1 Å². The fourth-order valence-electron chi connectivity index (χ4n) is 1.19. The Balaban J connectivity index is 2.47. The standard InChI is InChI=1S/C12H16FNO2/c1-3-6-14-12(15)8-16-11-7-10(13)5-4-9(11)2/h4-5,7H,3,6,8H2,1-2H3,(H,14,15). The van der Waals surface area contributed by atoms with Crippen molar-refractivity contribution in [2.24, 2.45) is 0 Å². The molecule has 0 aliphatic rings. The number of halogens is 1. The number of benzene rings is 1. The molecule has 0 aliphatic carbocycles. The van der Waals surface area contributed by atoms with Crippen LogP contribution in [0.4, 0.5) is 4.39 Å². The molecule has 0 saturated carbocycles. The number of aryl methyl sites for hydroxylation is 1. The molecule has 0 bridgehead atoms. The monoisotopic (exact) mass is 225 g/mol. The number of carbonyl (C=O) groups excluding carboxylic acids is 1. The summed E-state index contributed by atoms with van der Waals surface area (Å²) in [6.45, 7) is 4.32. The van der Waals surface area contributed by atoms with Gasteiger partial charge in [0, 0.05) is 12.6 Å². The van der Waals surface area contributed by atoms with Gasteiger partial charge in [0.05, 0.1) is 0 Å². The third-order valence-electron chi connectivity index (χ3n) is 2.08. The number of carbonyl (C=O) groups is 1. The van der Waals surface area contributed by atoms with E-state index < -0.39 is 0 Å². The molecule has 1 rings (SSSR count). The summed E-state index contributed by atoms with van der Waals surface area (Å²) in [5.74, 6) is -0.147. The van der Waals surface area contributed by atoms with Gasteiger partial charge in [-0.25, -0.2) is 4.39 Å². The van der Waals surface area contributed by atoms with Crippen LogP contribution in [0.25, 0.3) is 0 Å². The van der Waals surface area contributed by atoms with Gasteiger partial charge in [-0.3, -0.25) is 4.79 Å². The van der Waals surface area contributed by atoms with Gasteiger partial charge in [-0.2, -0.15) is 0 Å². The molecule has 1 aromatic carbocycles. The zero-order valence-electron chi connectivity index (χ0n) is 9.55. The summed E-state index contributed by atoms with van der Waals surface area (Å²) in [6.07, 6.45) is 0.880. The molecule has 4 heteroatoms. The Morgan fingerprint density at radius 3 is 2.94 bits per heavy atom. The topological polar surface area (TPSA) is 38.3 Å². The van der Waals surface area contributed by atoms with E-state index in [2.05, 4.69) is 5.32 Å². The summed E-state index contributed by atoms with van der Waals surface area (Å²) < 4.78 is 18.1. The van der Waals surface area contributed by atoms with Gasteiger partial charge >= 0.3 is 0 Å². The van der Waals surface area contributed by atoms with Gasteiger partial charge in [-0.05, 0) is 25.0 Å². The maximum Gasteiger partial charge on any atom is 0.257 e. The smallest absolute Gasteiger partial charge is 0.257 e. The Labute approximate surface area is 94.6 Å². The SMILES string of the molecule is CCCNC(=O)COc1cc(F)ccc1C. The zero-order chi connectivity index (χ0) is 12.0. The lowest BCUT2D eigenvalue weighted by atomic mass is 10.2. The molecule has 88 valence electrons. The van der Waals surface area contributed by atoms with Crippen molar-refractivity contribution in [2.45, 2.75) is 20.3 Å². The van der Waals surface area contributed by atoms with Crippen LogP contribution in [0.15, 0.2) is 18.2 Å². The number of nitrogens with one attached hydrogen (secondary N) is 1. The minimum atomic E-state index is -0.366. The second-order valence-electron chi connectivity index (χ2n) is 3.55. The van der Waals surface area contributed by atoms with E-state index in [1.165, 1.54) is 12.1 Å². The van der Waals surface area contributed by atoms with Crippen molar-refractivity contribution >= 4 is 5.91 Å². The summed E-state index contributed by atoms with van der Waals surface area (Å²) >= 11 is 0. The highest BCUT2D eigenvalue weighted by Crippen LogP contribution is 2.18. The largest absolute Gasteiger partial charge is 0.483 e. The second kappa shape index (κ2) is 6.10. The van der Waals surface area contributed by atoms with E-state index in [0.717, 1.165) is 12.0 Å². The molecule has 0 fully saturated rings. The van der Waals surface area contributed by atoms with Crippen molar-refractivity contribution in [3.8, 4) is 5.75 Å².